The number of nitrogens with two attached hydrogens (primary N) is 1. The van der Waals surface area contributed by atoms with E-state index in [9.17, 15) is 5.11 Å². The van der Waals surface area contributed by atoms with E-state index in [-0.39, 0.29) is 11.3 Å². The molecule has 0 saturated heterocycles. The van der Waals surface area contributed by atoms with Gasteiger partial charge in [0.2, 0.25) is 0 Å². The number of aromatic hydroxyl groups is 1. The van der Waals surface area contributed by atoms with Crippen LogP contribution < -0.4 is 15.2 Å². The van der Waals surface area contributed by atoms with E-state index in [0.29, 0.717) is 24.7 Å². The van der Waals surface area contributed by atoms with Crippen LogP contribution in [0.5, 0.6) is 17.2 Å². The van der Waals surface area contributed by atoms with Crippen molar-refractivity contribution in [3.63, 3.8) is 0 Å². The molecule has 1 aliphatic carbocycles. The average Bonchev–Trinajstić information content (AvgIpc) is 2.24. The van der Waals surface area contributed by atoms with E-state index in [1.165, 1.54) is 0 Å². The fourth-order valence-corrected chi connectivity index (χ4v) is 2.34. The van der Waals surface area contributed by atoms with Crippen molar-refractivity contribution in [2.45, 2.75) is 24.8 Å². The maximum atomic E-state index is 9.66. The molecule has 1 aliphatic heterocycles. The number of benzene rings is 1. The molecule has 2 aliphatic rings. The van der Waals surface area contributed by atoms with Crippen LogP contribution in [0.15, 0.2) is 12.1 Å². The van der Waals surface area contributed by atoms with Crippen molar-refractivity contribution in [2.24, 2.45) is 5.73 Å². The van der Waals surface area contributed by atoms with E-state index >= 15 is 0 Å². The Hall–Kier alpha value is -1.42. The second-order valence-corrected chi connectivity index (χ2v) is 4.53. The zero-order chi connectivity index (χ0) is 11.2. The molecule has 86 valence electrons. The van der Waals surface area contributed by atoms with Crippen molar-refractivity contribution in [2.75, 3.05) is 13.2 Å². The van der Waals surface area contributed by atoms with Crippen molar-refractivity contribution in [3.8, 4) is 17.2 Å². The molecule has 0 spiro atoms. The van der Waals surface area contributed by atoms with Crippen LogP contribution >= 0.6 is 0 Å². The third kappa shape index (κ3) is 1.33. The van der Waals surface area contributed by atoms with Gasteiger partial charge in [-0.3, -0.25) is 0 Å². The molecular formula is C12H15NO3. The maximum Gasteiger partial charge on any atom is 0.166 e. The molecule has 3 rings (SSSR count). The average molecular weight is 221 g/mol. The van der Waals surface area contributed by atoms with Crippen LogP contribution in [-0.4, -0.2) is 18.3 Å². The van der Waals surface area contributed by atoms with Gasteiger partial charge in [0.15, 0.2) is 11.5 Å². The van der Waals surface area contributed by atoms with Crippen molar-refractivity contribution in [3.05, 3.63) is 17.7 Å². The summed E-state index contributed by atoms with van der Waals surface area (Å²) in [4.78, 5) is 0. The Morgan fingerprint density at radius 1 is 1.19 bits per heavy atom. The first kappa shape index (κ1) is 9.78. The van der Waals surface area contributed by atoms with Crippen LogP contribution in [0.2, 0.25) is 0 Å². The zero-order valence-corrected chi connectivity index (χ0v) is 9.03. The standard InChI is InChI=1S/C12H15NO3/c13-12(2-1-3-12)9-6-8(14)7-10-11(9)16-5-4-15-10/h6-7,14H,1-5,13H2. The molecule has 4 nitrogen and oxygen atoms in total. The molecule has 0 unspecified atom stereocenters. The molecule has 1 saturated carbocycles. The van der Waals surface area contributed by atoms with Crippen LogP contribution in [-0.2, 0) is 5.54 Å². The van der Waals surface area contributed by atoms with Gasteiger partial charge in [0.25, 0.3) is 0 Å². The molecule has 0 bridgehead atoms. The van der Waals surface area contributed by atoms with Crippen LogP contribution in [0.4, 0.5) is 0 Å². The highest BCUT2D eigenvalue weighted by atomic mass is 16.6. The molecule has 0 atom stereocenters. The number of hydrogen-bond acceptors (Lipinski definition) is 4. The van der Waals surface area contributed by atoms with Gasteiger partial charge in [-0.2, -0.15) is 0 Å². The fourth-order valence-electron chi connectivity index (χ4n) is 2.34. The first-order chi connectivity index (χ1) is 7.69. The Balaban J connectivity index is 2.12. The minimum absolute atomic E-state index is 0.191. The third-order valence-electron chi connectivity index (χ3n) is 3.41. The second kappa shape index (κ2) is 3.28. The Kier molecular flexibility index (Phi) is 2.01. The lowest BCUT2D eigenvalue weighted by Gasteiger charge is -2.40. The van der Waals surface area contributed by atoms with E-state index in [2.05, 4.69) is 0 Å². The van der Waals surface area contributed by atoms with Gasteiger partial charge in [-0.25, -0.2) is 0 Å². The van der Waals surface area contributed by atoms with Gasteiger partial charge in [0.1, 0.15) is 19.0 Å². The summed E-state index contributed by atoms with van der Waals surface area (Å²) in [7, 11) is 0. The quantitative estimate of drug-likeness (QED) is 0.754. The fraction of sp³-hybridized carbons (Fsp3) is 0.500. The number of fused-ring (bicyclic) bond motifs is 1. The van der Waals surface area contributed by atoms with Crippen molar-refractivity contribution in [1.29, 1.82) is 0 Å². The van der Waals surface area contributed by atoms with Gasteiger partial charge in [-0.15, -0.1) is 0 Å². The van der Waals surface area contributed by atoms with E-state index in [1.54, 1.807) is 12.1 Å². The third-order valence-corrected chi connectivity index (χ3v) is 3.41. The largest absolute Gasteiger partial charge is 0.508 e. The summed E-state index contributed by atoms with van der Waals surface area (Å²) >= 11 is 0. The first-order valence-corrected chi connectivity index (χ1v) is 5.61. The van der Waals surface area contributed by atoms with Crippen molar-refractivity contribution in [1.82, 2.24) is 0 Å². The number of ether oxygens (including phenoxy) is 2. The van der Waals surface area contributed by atoms with Gasteiger partial charge in [-0.05, 0) is 25.3 Å². The summed E-state index contributed by atoms with van der Waals surface area (Å²) in [5.74, 6) is 1.51. The van der Waals surface area contributed by atoms with Gasteiger partial charge < -0.3 is 20.3 Å². The maximum absolute atomic E-state index is 9.66. The lowest BCUT2D eigenvalue weighted by Crippen LogP contribution is -2.43. The van der Waals surface area contributed by atoms with Crippen molar-refractivity contribution < 1.29 is 14.6 Å². The highest BCUT2D eigenvalue weighted by molar-refractivity contribution is 5.55. The summed E-state index contributed by atoms with van der Waals surface area (Å²) in [5.41, 5.74) is 6.81. The normalized spacial score (nSPS) is 21.3. The Morgan fingerprint density at radius 2 is 1.94 bits per heavy atom. The second-order valence-electron chi connectivity index (χ2n) is 4.53. The minimum atomic E-state index is -0.344. The summed E-state index contributed by atoms with van der Waals surface area (Å²) in [6.07, 6.45) is 3.00. The molecular weight excluding hydrogens is 206 g/mol. The van der Waals surface area contributed by atoms with Crippen molar-refractivity contribution >= 4 is 0 Å². The summed E-state index contributed by atoms with van der Waals surface area (Å²) in [6, 6.07) is 3.28. The molecule has 0 amide bonds. The zero-order valence-electron chi connectivity index (χ0n) is 9.03. The molecule has 1 aromatic carbocycles. The first-order valence-electron chi connectivity index (χ1n) is 5.61. The lowest BCUT2D eigenvalue weighted by molar-refractivity contribution is 0.158. The Bertz CT molecular complexity index is 427. The van der Waals surface area contributed by atoms with E-state index in [0.717, 1.165) is 24.8 Å². The minimum Gasteiger partial charge on any atom is -0.508 e. The van der Waals surface area contributed by atoms with Gasteiger partial charge >= 0.3 is 0 Å². The Labute approximate surface area is 94.0 Å². The van der Waals surface area contributed by atoms with E-state index in [1.807, 2.05) is 0 Å². The van der Waals surface area contributed by atoms with E-state index in [4.69, 9.17) is 15.2 Å². The van der Waals surface area contributed by atoms with Gasteiger partial charge in [0, 0.05) is 17.2 Å². The summed E-state index contributed by atoms with van der Waals surface area (Å²) < 4.78 is 11.1. The molecule has 3 N–H and O–H groups in total. The smallest absolute Gasteiger partial charge is 0.166 e. The molecule has 1 fully saturated rings. The van der Waals surface area contributed by atoms with Gasteiger partial charge in [0.05, 0.1) is 0 Å². The molecule has 0 radical (unpaired) electrons. The number of phenols is 1. The molecule has 0 aromatic heterocycles. The molecule has 1 aromatic rings. The van der Waals surface area contributed by atoms with Crippen LogP contribution in [0.3, 0.4) is 0 Å². The van der Waals surface area contributed by atoms with E-state index < -0.39 is 0 Å². The number of phenolic OH excluding ortho intramolecular Hbond substituents is 1. The SMILES string of the molecule is NC1(c2cc(O)cc3c2OCCO3)CCC1. The van der Waals surface area contributed by atoms with Crippen LogP contribution in [0.25, 0.3) is 0 Å². The number of hydrogen-bond donors (Lipinski definition) is 2. The molecule has 16 heavy (non-hydrogen) atoms. The summed E-state index contributed by atoms with van der Waals surface area (Å²) in [6.45, 7) is 1.06. The predicted octanol–water partition coefficient (Wildman–Crippen LogP) is 1.50. The highest BCUT2D eigenvalue weighted by Gasteiger charge is 2.38. The predicted molar refractivity (Wildman–Crippen MR) is 58.8 cm³/mol. The Morgan fingerprint density at radius 3 is 2.62 bits per heavy atom. The summed E-state index contributed by atoms with van der Waals surface area (Å²) in [5, 5.41) is 9.66. The van der Waals surface area contributed by atoms with Gasteiger partial charge in [-0.1, -0.05) is 0 Å². The molecule has 4 heteroatoms. The molecule has 1 heterocycles. The lowest BCUT2D eigenvalue weighted by atomic mass is 9.72. The topological polar surface area (TPSA) is 64.7 Å². The highest BCUT2D eigenvalue weighted by Crippen LogP contribution is 2.48. The van der Waals surface area contributed by atoms with Crippen LogP contribution in [0.1, 0.15) is 24.8 Å². The monoisotopic (exact) mass is 221 g/mol. The van der Waals surface area contributed by atoms with Crippen LogP contribution in [0, 0.1) is 0 Å². The number of rotatable bonds is 1.